The van der Waals surface area contributed by atoms with E-state index in [1.165, 1.54) is 6.92 Å². The van der Waals surface area contributed by atoms with Gasteiger partial charge >= 0.3 is 0 Å². The third-order valence-electron chi connectivity index (χ3n) is 2.02. The van der Waals surface area contributed by atoms with Gasteiger partial charge in [0, 0.05) is 10.0 Å². The maximum absolute atomic E-state index is 13.5. The van der Waals surface area contributed by atoms with Crippen molar-refractivity contribution in [3.63, 3.8) is 0 Å². The first kappa shape index (κ1) is 12.8. The number of hydrogen-bond donors (Lipinski definition) is 1. The lowest BCUT2D eigenvalue weighted by Gasteiger charge is -2.14. The van der Waals surface area contributed by atoms with Crippen LogP contribution < -0.4 is 5.32 Å². The summed E-state index contributed by atoms with van der Waals surface area (Å²) in [6.45, 7) is 4.76. The first-order valence-electron chi connectivity index (χ1n) is 4.53. The lowest BCUT2D eigenvalue weighted by Crippen LogP contribution is -2.26. The molecule has 0 aromatic heterocycles. The molecule has 1 amide bonds. The smallest absolute Gasteiger partial charge is 0.243 e. The Bertz CT molecular complexity index is 411. The second-order valence-electron chi connectivity index (χ2n) is 3.22. The van der Waals surface area contributed by atoms with Crippen LogP contribution in [0.5, 0.6) is 0 Å². The third kappa shape index (κ3) is 2.88. The van der Waals surface area contributed by atoms with E-state index >= 15 is 0 Å². The van der Waals surface area contributed by atoms with Crippen molar-refractivity contribution in [1.82, 2.24) is 5.32 Å². The topological polar surface area (TPSA) is 29.1 Å². The lowest BCUT2D eigenvalue weighted by molar-refractivity contribution is -0.117. The van der Waals surface area contributed by atoms with Crippen LogP contribution in [0.3, 0.4) is 0 Å². The van der Waals surface area contributed by atoms with Gasteiger partial charge in [-0.3, -0.25) is 4.79 Å². The summed E-state index contributed by atoms with van der Waals surface area (Å²) < 4.78 is 27.3. The zero-order valence-corrected chi connectivity index (χ0v) is 10.1. The Balaban J connectivity index is 3.03. The molecule has 0 spiro atoms. The molecule has 0 aliphatic rings. The Morgan fingerprint density at radius 2 is 2.00 bits per heavy atom. The molecule has 0 saturated carbocycles. The van der Waals surface area contributed by atoms with Crippen LogP contribution in [0.2, 0.25) is 0 Å². The summed E-state index contributed by atoms with van der Waals surface area (Å²) in [6, 6.07) is 1.54. The summed E-state index contributed by atoms with van der Waals surface area (Å²) >= 11 is 2.98. The van der Waals surface area contributed by atoms with E-state index in [0.29, 0.717) is 4.47 Å². The number of halogens is 3. The van der Waals surface area contributed by atoms with E-state index in [1.54, 1.807) is 0 Å². The molecule has 1 atom stereocenters. The minimum absolute atomic E-state index is 0.168. The number of carbonyl (C=O) groups excluding carboxylic acids is 1. The molecule has 0 saturated heterocycles. The summed E-state index contributed by atoms with van der Waals surface area (Å²) in [7, 11) is 0. The van der Waals surface area contributed by atoms with Crippen molar-refractivity contribution in [1.29, 1.82) is 0 Å². The van der Waals surface area contributed by atoms with Crippen molar-refractivity contribution in [3.8, 4) is 0 Å². The third-order valence-corrected chi connectivity index (χ3v) is 2.48. The predicted molar refractivity (Wildman–Crippen MR) is 60.8 cm³/mol. The standard InChI is InChI=1S/C11H10BrF2NO/c1-3-10(16)15-6(2)11-8(13)4-7(12)5-9(11)14/h3-6H,1H2,2H3,(H,15,16)/t6-/m1/s1. The number of amides is 1. The molecule has 0 unspecified atom stereocenters. The summed E-state index contributed by atoms with van der Waals surface area (Å²) in [6.07, 6.45) is 1.05. The van der Waals surface area contributed by atoms with Crippen molar-refractivity contribution in [2.75, 3.05) is 0 Å². The molecule has 1 aromatic carbocycles. The van der Waals surface area contributed by atoms with Crippen LogP contribution in [-0.2, 0) is 4.79 Å². The molecule has 1 aromatic rings. The fourth-order valence-electron chi connectivity index (χ4n) is 1.31. The Hall–Kier alpha value is -1.23. The Kier molecular flexibility index (Phi) is 4.18. The molecule has 0 fully saturated rings. The average molecular weight is 290 g/mol. The van der Waals surface area contributed by atoms with Gasteiger partial charge in [-0.2, -0.15) is 0 Å². The largest absolute Gasteiger partial charge is 0.346 e. The highest BCUT2D eigenvalue weighted by Crippen LogP contribution is 2.24. The van der Waals surface area contributed by atoms with Crippen LogP contribution in [0.25, 0.3) is 0 Å². The highest BCUT2D eigenvalue weighted by Gasteiger charge is 2.17. The van der Waals surface area contributed by atoms with Crippen molar-refractivity contribution in [2.24, 2.45) is 0 Å². The van der Waals surface area contributed by atoms with Crippen molar-refractivity contribution in [2.45, 2.75) is 13.0 Å². The first-order valence-corrected chi connectivity index (χ1v) is 5.32. The van der Waals surface area contributed by atoms with Crippen LogP contribution in [0.15, 0.2) is 29.3 Å². The normalized spacial score (nSPS) is 12.0. The van der Waals surface area contributed by atoms with Gasteiger partial charge in [0.25, 0.3) is 0 Å². The van der Waals surface area contributed by atoms with E-state index in [2.05, 4.69) is 27.8 Å². The van der Waals surface area contributed by atoms with Gasteiger partial charge in [-0.15, -0.1) is 0 Å². The predicted octanol–water partition coefficient (Wildman–Crippen LogP) is 3.09. The van der Waals surface area contributed by atoms with Crippen LogP contribution in [-0.4, -0.2) is 5.91 Å². The number of carbonyl (C=O) groups is 1. The van der Waals surface area contributed by atoms with Crippen LogP contribution >= 0.6 is 15.9 Å². The minimum atomic E-state index is -0.751. The summed E-state index contributed by atoms with van der Waals surface area (Å²) in [4.78, 5) is 11.0. The fraction of sp³-hybridized carbons (Fsp3) is 0.182. The maximum atomic E-state index is 13.5. The van der Waals surface area contributed by atoms with E-state index in [1.807, 2.05) is 0 Å². The molecular formula is C11H10BrF2NO. The number of hydrogen-bond acceptors (Lipinski definition) is 1. The molecule has 0 aliphatic carbocycles. The highest BCUT2D eigenvalue weighted by atomic mass is 79.9. The van der Waals surface area contributed by atoms with E-state index < -0.39 is 23.6 Å². The van der Waals surface area contributed by atoms with Crippen LogP contribution in [0.4, 0.5) is 8.78 Å². The van der Waals surface area contributed by atoms with Crippen molar-refractivity contribution in [3.05, 3.63) is 46.5 Å². The Morgan fingerprint density at radius 3 is 2.44 bits per heavy atom. The molecule has 5 heteroatoms. The molecule has 1 N–H and O–H groups in total. The number of rotatable bonds is 3. The van der Waals surface area contributed by atoms with Gasteiger partial charge in [0.15, 0.2) is 0 Å². The molecule has 16 heavy (non-hydrogen) atoms. The monoisotopic (exact) mass is 289 g/mol. The van der Waals surface area contributed by atoms with E-state index in [4.69, 9.17) is 0 Å². The van der Waals surface area contributed by atoms with Crippen LogP contribution in [0, 0.1) is 11.6 Å². The van der Waals surface area contributed by atoms with Crippen molar-refractivity contribution >= 4 is 21.8 Å². The molecule has 0 heterocycles. The molecule has 0 aliphatic heterocycles. The van der Waals surface area contributed by atoms with Gasteiger partial charge in [-0.05, 0) is 25.1 Å². The second kappa shape index (κ2) is 5.21. The SMILES string of the molecule is C=CC(=O)N[C@H](C)c1c(F)cc(Br)cc1F. The first-order chi connectivity index (χ1) is 7.45. The van der Waals surface area contributed by atoms with Gasteiger partial charge in [0.2, 0.25) is 5.91 Å². The number of benzene rings is 1. The highest BCUT2D eigenvalue weighted by molar-refractivity contribution is 9.10. The second-order valence-corrected chi connectivity index (χ2v) is 4.13. The quantitative estimate of drug-likeness (QED) is 0.852. The number of nitrogens with one attached hydrogen (secondary N) is 1. The molecule has 86 valence electrons. The molecule has 0 radical (unpaired) electrons. The summed E-state index contributed by atoms with van der Waals surface area (Å²) in [5, 5.41) is 2.39. The molecule has 2 nitrogen and oxygen atoms in total. The Morgan fingerprint density at radius 1 is 1.50 bits per heavy atom. The van der Waals surface area contributed by atoms with Gasteiger partial charge in [0.1, 0.15) is 11.6 Å². The van der Waals surface area contributed by atoms with Gasteiger partial charge in [-0.25, -0.2) is 8.78 Å². The fourth-order valence-corrected chi connectivity index (χ4v) is 1.71. The average Bonchev–Trinajstić information content (AvgIpc) is 2.15. The Labute approximate surface area is 100 Å². The van der Waals surface area contributed by atoms with E-state index in [0.717, 1.165) is 18.2 Å². The zero-order valence-electron chi connectivity index (χ0n) is 8.56. The minimum Gasteiger partial charge on any atom is -0.346 e. The maximum Gasteiger partial charge on any atom is 0.243 e. The van der Waals surface area contributed by atoms with Crippen LogP contribution in [0.1, 0.15) is 18.5 Å². The summed E-state index contributed by atoms with van der Waals surface area (Å²) in [5.74, 6) is -1.89. The van der Waals surface area contributed by atoms with E-state index in [9.17, 15) is 13.6 Å². The molecular weight excluding hydrogens is 280 g/mol. The van der Waals surface area contributed by atoms with Gasteiger partial charge < -0.3 is 5.32 Å². The van der Waals surface area contributed by atoms with Gasteiger partial charge in [0.05, 0.1) is 6.04 Å². The van der Waals surface area contributed by atoms with Gasteiger partial charge in [-0.1, -0.05) is 22.5 Å². The summed E-state index contributed by atoms with van der Waals surface area (Å²) in [5.41, 5.74) is -0.168. The van der Waals surface area contributed by atoms with Crippen molar-refractivity contribution < 1.29 is 13.6 Å². The lowest BCUT2D eigenvalue weighted by atomic mass is 10.1. The molecule has 1 rings (SSSR count). The zero-order chi connectivity index (χ0) is 12.3. The molecule has 0 bridgehead atoms. The van der Waals surface area contributed by atoms with E-state index in [-0.39, 0.29) is 5.56 Å².